The Labute approximate surface area is 106 Å². The van der Waals surface area contributed by atoms with Gasteiger partial charge < -0.3 is 20.1 Å². The highest BCUT2D eigenvalue weighted by Gasteiger charge is 2.26. The summed E-state index contributed by atoms with van der Waals surface area (Å²) >= 11 is 0. The van der Waals surface area contributed by atoms with Gasteiger partial charge in [0, 0.05) is 13.1 Å². The van der Waals surface area contributed by atoms with Gasteiger partial charge in [-0.3, -0.25) is 4.79 Å². The molecule has 1 fully saturated rings. The van der Waals surface area contributed by atoms with Gasteiger partial charge in [-0.05, 0) is 12.1 Å². The molecule has 0 spiro atoms. The molecule has 1 heterocycles. The van der Waals surface area contributed by atoms with Gasteiger partial charge in [-0.1, -0.05) is 18.2 Å². The average Bonchev–Trinajstić information content (AvgIpc) is 2.45. The van der Waals surface area contributed by atoms with Gasteiger partial charge in [0.1, 0.15) is 5.75 Å². The lowest BCUT2D eigenvalue weighted by molar-refractivity contribution is -0.141. The summed E-state index contributed by atoms with van der Waals surface area (Å²) in [5, 5.41) is 0. The zero-order valence-electron chi connectivity index (χ0n) is 10.2. The van der Waals surface area contributed by atoms with Crippen molar-refractivity contribution in [2.75, 3.05) is 32.9 Å². The SMILES string of the molecule is NCC1COCCN1C(=O)COc1ccccc1. The summed E-state index contributed by atoms with van der Waals surface area (Å²) in [6.07, 6.45) is 0. The van der Waals surface area contributed by atoms with Gasteiger partial charge in [0.2, 0.25) is 0 Å². The van der Waals surface area contributed by atoms with E-state index in [0.717, 1.165) is 0 Å². The fourth-order valence-electron chi connectivity index (χ4n) is 1.92. The number of carbonyl (C=O) groups is 1. The molecule has 1 aliphatic rings. The second-order valence-corrected chi connectivity index (χ2v) is 4.15. The first kappa shape index (κ1) is 12.9. The van der Waals surface area contributed by atoms with Crippen LogP contribution in [0.2, 0.25) is 0 Å². The van der Waals surface area contributed by atoms with Gasteiger partial charge in [0.25, 0.3) is 5.91 Å². The average molecular weight is 250 g/mol. The number of amides is 1. The third-order valence-corrected chi connectivity index (χ3v) is 2.93. The van der Waals surface area contributed by atoms with Crippen LogP contribution < -0.4 is 10.5 Å². The molecule has 1 amide bonds. The molecule has 1 aliphatic heterocycles. The van der Waals surface area contributed by atoms with E-state index >= 15 is 0 Å². The Bertz CT molecular complexity index is 383. The van der Waals surface area contributed by atoms with Crippen LogP contribution in [0.4, 0.5) is 0 Å². The van der Waals surface area contributed by atoms with Gasteiger partial charge >= 0.3 is 0 Å². The number of rotatable bonds is 4. The lowest BCUT2D eigenvalue weighted by Crippen LogP contribution is -2.53. The van der Waals surface area contributed by atoms with Crippen molar-refractivity contribution in [1.82, 2.24) is 4.90 Å². The quantitative estimate of drug-likeness (QED) is 0.832. The standard InChI is InChI=1S/C13H18N2O3/c14-8-11-9-17-7-6-15(11)13(16)10-18-12-4-2-1-3-5-12/h1-5,11H,6-10,14H2. The molecular formula is C13H18N2O3. The van der Waals surface area contributed by atoms with Crippen LogP contribution in [0.1, 0.15) is 0 Å². The number of benzene rings is 1. The Hall–Kier alpha value is -1.59. The number of nitrogens with two attached hydrogens (primary N) is 1. The van der Waals surface area contributed by atoms with Gasteiger partial charge in [-0.15, -0.1) is 0 Å². The number of morpholine rings is 1. The maximum atomic E-state index is 12.0. The number of para-hydroxylation sites is 1. The topological polar surface area (TPSA) is 64.8 Å². The third kappa shape index (κ3) is 3.21. The minimum atomic E-state index is -0.0439. The van der Waals surface area contributed by atoms with Crippen molar-refractivity contribution in [2.45, 2.75) is 6.04 Å². The van der Waals surface area contributed by atoms with E-state index < -0.39 is 0 Å². The maximum absolute atomic E-state index is 12.0. The highest BCUT2D eigenvalue weighted by molar-refractivity contribution is 5.78. The predicted molar refractivity (Wildman–Crippen MR) is 67.3 cm³/mol. The molecule has 5 nitrogen and oxygen atoms in total. The van der Waals surface area contributed by atoms with Crippen LogP contribution in [-0.2, 0) is 9.53 Å². The van der Waals surface area contributed by atoms with Gasteiger partial charge in [-0.25, -0.2) is 0 Å². The van der Waals surface area contributed by atoms with Crippen molar-refractivity contribution in [1.29, 1.82) is 0 Å². The molecule has 98 valence electrons. The first-order chi connectivity index (χ1) is 8.81. The van der Waals surface area contributed by atoms with Crippen LogP contribution >= 0.6 is 0 Å². The first-order valence-electron chi connectivity index (χ1n) is 6.06. The van der Waals surface area contributed by atoms with Crippen molar-refractivity contribution in [3.63, 3.8) is 0 Å². The minimum Gasteiger partial charge on any atom is -0.484 e. The highest BCUT2D eigenvalue weighted by Crippen LogP contribution is 2.10. The van der Waals surface area contributed by atoms with E-state index in [1.165, 1.54) is 0 Å². The molecule has 0 bridgehead atoms. The fraction of sp³-hybridized carbons (Fsp3) is 0.462. The summed E-state index contributed by atoms with van der Waals surface area (Å²) in [5.74, 6) is 0.654. The Morgan fingerprint density at radius 3 is 2.94 bits per heavy atom. The Morgan fingerprint density at radius 2 is 2.22 bits per heavy atom. The van der Waals surface area contributed by atoms with Crippen LogP contribution in [0.25, 0.3) is 0 Å². The molecule has 5 heteroatoms. The number of carbonyl (C=O) groups excluding carboxylic acids is 1. The van der Waals surface area contributed by atoms with Crippen molar-refractivity contribution < 1.29 is 14.3 Å². The largest absolute Gasteiger partial charge is 0.484 e. The second kappa shape index (κ2) is 6.37. The van der Waals surface area contributed by atoms with Crippen LogP contribution in [0, 0.1) is 0 Å². The summed E-state index contributed by atoms with van der Waals surface area (Å²) < 4.78 is 10.7. The van der Waals surface area contributed by atoms with E-state index in [1.807, 2.05) is 30.3 Å². The molecule has 2 N–H and O–H groups in total. The van der Waals surface area contributed by atoms with Crippen LogP contribution in [0.15, 0.2) is 30.3 Å². The van der Waals surface area contributed by atoms with Crippen molar-refractivity contribution >= 4 is 5.91 Å². The van der Waals surface area contributed by atoms with Crippen LogP contribution in [0.3, 0.4) is 0 Å². The maximum Gasteiger partial charge on any atom is 0.260 e. The summed E-state index contributed by atoms with van der Waals surface area (Å²) in [6.45, 7) is 2.11. The highest BCUT2D eigenvalue weighted by atomic mass is 16.5. The number of hydrogen-bond acceptors (Lipinski definition) is 4. The molecule has 0 saturated carbocycles. The van der Waals surface area contributed by atoms with E-state index in [2.05, 4.69) is 0 Å². The zero-order valence-corrected chi connectivity index (χ0v) is 10.2. The van der Waals surface area contributed by atoms with Crippen molar-refractivity contribution in [2.24, 2.45) is 5.73 Å². The Balaban J connectivity index is 1.87. The monoisotopic (exact) mass is 250 g/mol. The molecule has 0 radical (unpaired) electrons. The fourth-order valence-corrected chi connectivity index (χ4v) is 1.92. The Morgan fingerprint density at radius 1 is 1.44 bits per heavy atom. The summed E-state index contributed by atoms with van der Waals surface area (Å²) in [5.41, 5.74) is 5.62. The van der Waals surface area contributed by atoms with Gasteiger partial charge in [0.05, 0.1) is 19.3 Å². The molecule has 1 aromatic rings. The number of ether oxygens (including phenoxy) is 2. The zero-order chi connectivity index (χ0) is 12.8. The summed E-state index contributed by atoms with van der Waals surface area (Å²) in [6, 6.07) is 9.26. The lowest BCUT2D eigenvalue weighted by Gasteiger charge is -2.34. The second-order valence-electron chi connectivity index (χ2n) is 4.15. The molecule has 0 aliphatic carbocycles. The molecule has 0 aromatic heterocycles. The normalized spacial score (nSPS) is 19.6. The smallest absolute Gasteiger partial charge is 0.260 e. The predicted octanol–water partition coefficient (Wildman–Crippen LogP) is 0.252. The number of hydrogen-bond donors (Lipinski definition) is 1. The van der Waals surface area contributed by atoms with Crippen LogP contribution in [0.5, 0.6) is 5.75 Å². The van der Waals surface area contributed by atoms with Gasteiger partial charge in [-0.2, -0.15) is 0 Å². The molecule has 18 heavy (non-hydrogen) atoms. The van der Waals surface area contributed by atoms with Crippen molar-refractivity contribution in [3.8, 4) is 5.75 Å². The van der Waals surface area contributed by atoms with E-state index in [4.69, 9.17) is 15.2 Å². The molecule has 1 atom stereocenters. The van der Waals surface area contributed by atoms with E-state index in [0.29, 0.717) is 32.1 Å². The first-order valence-corrected chi connectivity index (χ1v) is 6.06. The van der Waals surface area contributed by atoms with Gasteiger partial charge in [0.15, 0.2) is 6.61 Å². The third-order valence-electron chi connectivity index (χ3n) is 2.93. The molecular weight excluding hydrogens is 232 g/mol. The summed E-state index contributed by atoms with van der Waals surface area (Å²) in [4.78, 5) is 13.8. The molecule has 2 rings (SSSR count). The molecule has 1 unspecified atom stereocenters. The minimum absolute atomic E-state index is 0.0365. The Kier molecular flexibility index (Phi) is 4.55. The van der Waals surface area contributed by atoms with E-state index in [1.54, 1.807) is 4.90 Å². The van der Waals surface area contributed by atoms with Crippen LogP contribution in [-0.4, -0.2) is 49.8 Å². The molecule has 1 aromatic carbocycles. The van der Waals surface area contributed by atoms with E-state index in [-0.39, 0.29) is 18.6 Å². The van der Waals surface area contributed by atoms with Crippen molar-refractivity contribution in [3.05, 3.63) is 30.3 Å². The molecule has 1 saturated heterocycles. The van der Waals surface area contributed by atoms with E-state index in [9.17, 15) is 4.79 Å². The lowest BCUT2D eigenvalue weighted by atomic mass is 10.2. The summed E-state index contributed by atoms with van der Waals surface area (Å²) in [7, 11) is 0. The number of nitrogens with zero attached hydrogens (tertiary/aromatic N) is 1.